The summed E-state index contributed by atoms with van der Waals surface area (Å²) in [7, 11) is 0. The number of nitrogens with zero attached hydrogens (tertiary/aromatic N) is 5. The quantitative estimate of drug-likeness (QED) is 0.408. The fraction of sp³-hybridized carbons (Fsp3) is 0.321. The van der Waals surface area contributed by atoms with Crippen LogP contribution in [-0.4, -0.2) is 32.4 Å². The molecule has 6 rings (SSSR count). The zero-order valence-electron chi connectivity index (χ0n) is 20.1. The lowest BCUT2D eigenvalue weighted by Crippen LogP contribution is -2.44. The Bertz CT molecular complexity index is 1460. The number of rotatable bonds is 3. The molecular formula is C28H29ClN6. The summed E-state index contributed by atoms with van der Waals surface area (Å²) in [6.45, 7) is 9.90. The Morgan fingerprint density at radius 1 is 1.14 bits per heavy atom. The molecule has 1 aliphatic carbocycles. The van der Waals surface area contributed by atoms with Crippen LogP contribution in [0.25, 0.3) is 22.5 Å². The van der Waals surface area contributed by atoms with Crippen LogP contribution in [0.2, 0.25) is 5.02 Å². The van der Waals surface area contributed by atoms with Gasteiger partial charge >= 0.3 is 0 Å². The molecule has 6 nitrogen and oxygen atoms in total. The lowest BCUT2D eigenvalue weighted by Gasteiger charge is -2.42. The molecule has 0 saturated carbocycles. The number of imidazole rings is 1. The summed E-state index contributed by atoms with van der Waals surface area (Å²) in [6.07, 6.45) is 10.6. The Morgan fingerprint density at radius 3 is 2.71 bits per heavy atom. The number of piperidine rings is 1. The van der Waals surface area contributed by atoms with Crippen molar-refractivity contribution < 1.29 is 0 Å². The number of pyridine rings is 1. The maximum Gasteiger partial charge on any atom is 0.154 e. The number of benzene rings is 1. The summed E-state index contributed by atoms with van der Waals surface area (Å²) < 4.78 is 2.07. The van der Waals surface area contributed by atoms with Crippen LogP contribution in [0.4, 0.5) is 5.82 Å². The molecule has 1 fully saturated rings. The Labute approximate surface area is 210 Å². The van der Waals surface area contributed by atoms with E-state index in [1.165, 1.54) is 16.7 Å². The first-order chi connectivity index (χ1) is 16.9. The van der Waals surface area contributed by atoms with Crippen LogP contribution in [-0.2, 0) is 6.42 Å². The summed E-state index contributed by atoms with van der Waals surface area (Å²) in [5.41, 5.74) is 14.6. The van der Waals surface area contributed by atoms with Gasteiger partial charge in [-0.05, 0) is 61.3 Å². The van der Waals surface area contributed by atoms with E-state index in [0.29, 0.717) is 5.02 Å². The summed E-state index contributed by atoms with van der Waals surface area (Å²) in [5.74, 6) is 1.76. The minimum Gasteiger partial charge on any atom is -0.355 e. The van der Waals surface area contributed by atoms with E-state index >= 15 is 0 Å². The molecular weight excluding hydrogens is 456 g/mol. The van der Waals surface area contributed by atoms with E-state index in [0.717, 1.165) is 66.3 Å². The molecule has 1 aliphatic heterocycles. The first-order valence-electron chi connectivity index (χ1n) is 12.1. The lowest BCUT2D eigenvalue weighted by atomic mass is 9.73. The van der Waals surface area contributed by atoms with Crippen molar-refractivity contribution in [3.05, 3.63) is 83.0 Å². The standard InChI is InChI=1S/C28H29ClN6/c1-17(2)19-4-5-21-20(14-19)15-28(25(21)30)7-11-34(12-8-28)27-23-16-33-26(35(23)13-10-32-27)22-6-9-31-18(3)24(22)29/h4-6,9-10,13-14,16,25H,1,7-8,11-12,15,30H2,2-3H3. The Morgan fingerprint density at radius 2 is 1.94 bits per heavy atom. The van der Waals surface area contributed by atoms with Crippen LogP contribution in [0.5, 0.6) is 0 Å². The van der Waals surface area contributed by atoms with Gasteiger partial charge in [0.15, 0.2) is 5.82 Å². The third-order valence-corrected chi connectivity index (χ3v) is 8.45. The SMILES string of the molecule is C=C(C)c1ccc2c(c1)CC1(CCN(c3nccn4c(-c5ccnc(C)c5Cl)ncc34)CC1)C2N. The second-order valence-electron chi connectivity index (χ2n) is 10.0. The molecule has 1 aromatic carbocycles. The highest BCUT2D eigenvalue weighted by Gasteiger charge is 2.46. The van der Waals surface area contributed by atoms with Crippen molar-refractivity contribution in [2.45, 2.75) is 39.2 Å². The minimum atomic E-state index is 0.0706. The predicted octanol–water partition coefficient (Wildman–Crippen LogP) is 5.63. The molecule has 1 atom stereocenters. The van der Waals surface area contributed by atoms with Crippen molar-refractivity contribution in [1.82, 2.24) is 19.4 Å². The molecule has 2 aliphatic rings. The molecule has 1 spiro atoms. The van der Waals surface area contributed by atoms with E-state index < -0.39 is 0 Å². The van der Waals surface area contributed by atoms with E-state index in [2.05, 4.69) is 46.0 Å². The number of halogens is 1. The van der Waals surface area contributed by atoms with Crippen molar-refractivity contribution in [2.75, 3.05) is 18.0 Å². The van der Waals surface area contributed by atoms with Crippen LogP contribution < -0.4 is 10.6 Å². The number of aromatic nitrogens is 4. The number of allylic oxidation sites excluding steroid dienone is 1. The number of hydrogen-bond acceptors (Lipinski definition) is 5. The molecule has 4 aromatic rings. The van der Waals surface area contributed by atoms with Crippen molar-refractivity contribution in [3.63, 3.8) is 0 Å². The normalized spacial score (nSPS) is 18.9. The van der Waals surface area contributed by atoms with Gasteiger partial charge in [-0.25, -0.2) is 9.97 Å². The highest BCUT2D eigenvalue weighted by molar-refractivity contribution is 6.33. The van der Waals surface area contributed by atoms with E-state index in [1.54, 1.807) is 6.20 Å². The van der Waals surface area contributed by atoms with E-state index in [-0.39, 0.29) is 11.5 Å². The Kier molecular flexibility index (Phi) is 5.20. The first-order valence-corrected chi connectivity index (χ1v) is 12.5. The smallest absolute Gasteiger partial charge is 0.154 e. The molecule has 2 N–H and O–H groups in total. The van der Waals surface area contributed by atoms with Gasteiger partial charge in [0.05, 0.1) is 16.9 Å². The Hall–Kier alpha value is -3.22. The third kappa shape index (κ3) is 3.46. The molecule has 7 heteroatoms. The number of hydrogen-bond donors (Lipinski definition) is 1. The van der Waals surface area contributed by atoms with E-state index in [9.17, 15) is 0 Å². The molecule has 0 bridgehead atoms. The average Bonchev–Trinajstić information content (AvgIpc) is 3.40. The van der Waals surface area contributed by atoms with Crippen LogP contribution in [0, 0.1) is 12.3 Å². The lowest BCUT2D eigenvalue weighted by molar-refractivity contribution is 0.187. The van der Waals surface area contributed by atoms with Crippen LogP contribution in [0.3, 0.4) is 0 Å². The predicted molar refractivity (Wildman–Crippen MR) is 142 cm³/mol. The number of nitrogens with two attached hydrogens (primary N) is 1. The highest BCUT2D eigenvalue weighted by atomic mass is 35.5. The number of fused-ring (bicyclic) bond motifs is 2. The molecule has 35 heavy (non-hydrogen) atoms. The van der Waals surface area contributed by atoms with E-state index in [4.69, 9.17) is 27.3 Å². The van der Waals surface area contributed by atoms with Gasteiger partial charge in [-0.1, -0.05) is 42.0 Å². The van der Waals surface area contributed by atoms with Crippen LogP contribution in [0.15, 0.2) is 55.6 Å². The van der Waals surface area contributed by atoms with Crippen molar-refractivity contribution in [3.8, 4) is 11.4 Å². The van der Waals surface area contributed by atoms with Gasteiger partial charge < -0.3 is 10.6 Å². The summed E-state index contributed by atoms with van der Waals surface area (Å²) in [6, 6.07) is 8.65. The van der Waals surface area contributed by atoms with Crippen LogP contribution in [0.1, 0.15) is 48.2 Å². The average molecular weight is 485 g/mol. The third-order valence-electron chi connectivity index (χ3n) is 7.97. The molecule has 3 aromatic heterocycles. The van der Waals surface area contributed by atoms with Crippen molar-refractivity contribution >= 4 is 28.5 Å². The molecule has 1 saturated heterocycles. The van der Waals surface area contributed by atoms with Gasteiger partial charge in [-0.15, -0.1) is 0 Å². The topological polar surface area (TPSA) is 72.3 Å². The number of aryl methyl sites for hydroxylation is 1. The van der Waals surface area contributed by atoms with Gasteiger partial charge in [0.2, 0.25) is 0 Å². The zero-order chi connectivity index (χ0) is 24.3. The van der Waals surface area contributed by atoms with Gasteiger partial charge in [0.1, 0.15) is 11.3 Å². The summed E-state index contributed by atoms with van der Waals surface area (Å²) in [5, 5.41) is 0.628. The van der Waals surface area contributed by atoms with Crippen molar-refractivity contribution in [1.29, 1.82) is 0 Å². The molecule has 0 amide bonds. The maximum absolute atomic E-state index is 6.86. The molecule has 4 heterocycles. The molecule has 0 radical (unpaired) electrons. The second-order valence-corrected chi connectivity index (χ2v) is 10.4. The van der Waals surface area contributed by atoms with E-state index in [1.807, 2.05) is 31.6 Å². The van der Waals surface area contributed by atoms with Gasteiger partial charge in [-0.2, -0.15) is 0 Å². The van der Waals surface area contributed by atoms with Crippen molar-refractivity contribution in [2.24, 2.45) is 11.1 Å². The van der Waals surface area contributed by atoms with Gasteiger partial charge in [-0.3, -0.25) is 9.38 Å². The summed E-state index contributed by atoms with van der Waals surface area (Å²) >= 11 is 6.56. The van der Waals surface area contributed by atoms with Gasteiger partial charge in [0.25, 0.3) is 0 Å². The fourth-order valence-corrected chi connectivity index (χ4v) is 6.07. The minimum absolute atomic E-state index is 0.0706. The molecule has 178 valence electrons. The zero-order valence-corrected chi connectivity index (χ0v) is 20.9. The monoisotopic (exact) mass is 484 g/mol. The number of anilines is 1. The largest absolute Gasteiger partial charge is 0.355 e. The summed E-state index contributed by atoms with van der Waals surface area (Å²) in [4.78, 5) is 16.1. The second kappa shape index (κ2) is 8.18. The first kappa shape index (κ1) is 22.3. The Balaban J connectivity index is 1.28. The van der Waals surface area contributed by atoms with Crippen LogP contribution >= 0.6 is 11.6 Å². The highest BCUT2D eigenvalue weighted by Crippen LogP contribution is 2.51. The van der Waals surface area contributed by atoms with Gasteiger partial charge in [0, 0.05) is 43.3 Å². The molecule has 1 unspecified atom stereocenters. The fourth-order valence-electron chi connectivity index (χ4n) is 5.88. The maximum atomic E-state index is 6.86.